The predicted molar refractivity (Wildman–Crippen MR) is 69.9 cm³/mol. The molecule has 3 aliphatic rings. The average Bonchev–Trinajstić information content (AvgIpc) is 2.87. The Morgan fingerprint density at radius 3 is 2.65 bits per heavy atom. The molecule has 0 radical (unpaired) electrons. The molecule has 0 aromatic carbocycles. The summed E-state index contributed by atoms with van der Waals surface area (Å²) in [5.74, 6) is 0. The molecule has 17 heavy (non-hydrogen) atoms. The molecular weight excluding hydrogens is 210 g/mol. The molecule has 1 N–H and O–H groups in total. The first kappa shape index (κ1) is 11.7. The molecule has 2 nitrogen and oxygen atoms in total. The highest BCUT2D eigenvalue weighted by Crippen LogP contribution is 2.45. The Hall–Kier alpha value is -0.340. The second-order valence-electron chi connectivity index (χ2n) is 6.86. The third kappa shape index (κ3) is 1.96. The van der Waals surface area contributed by atoms with Crippen molar-refractivity contribution in [3.63, 3.8) is 0 Å². The fourth-order valence-corrected chi connectivity index (χ4v) is 4.03. The van der Waals surface area contributed by atoms with Gasteiger partial charge in [-0.15, -0.1) is 0 Å². The Kier molecular flexibility index (Phi) is 2.83. The Morgan fingerprint density at radius 2 is 1.94 bits per heavy atom. The van der Waals surface area contributed by atoms with Crippen LogP contribution in [0.25, 0.3) is 0 Å². The van der Waals surface area contributed by atoms with E-state index in [1.807, 2.05) is 0 Å². The SMILES string of the molecule is CC1(C)CC2=C(CN(C3CCCC3)CC2)C1O. The van der Waals surface area contributed by atoms with E-state index in [9.17, 15) is 5.11 Å². The Balaban J connectivity index is 1.74. The molecule has 0 spiro atoms. The zero-order valence-corrected chi connectivity index (χ0v) is 11.2. The van der Waals surface area contributed by atoms with Crippen LogP contribution in [0.1, 0.15) is 52.4 Å². The smallest absolute Gasteiger partial charge is 0.0819 e. The molecule has 1 heterocycles. The van der Waals surface area contributed by atoms with Crippen LogP contribution >= 0.6 is 0 Å². The molecule has 3 rings (SSSR count). The van der Waals surface area contributed by atoms with Gasteiger partial charge in [0.2, 0.25) is 0 Å². The molecule has 2 heteroatoms. The minimum absolute atomic E-state index is 0.0797. The van der Waals surface area contributed by atoms with Gasteiger partial charge in [-0.25, -0.2) is 0 Å². The average molecular weight is 235 g/mol. The predicted octanol–water partition coefficient (Wildman–Crippen LogP) is 2.72. The van der Waals surface area contributed by atoms with E-state index in [-0.39, 0.29) is 11.5 Å². The lowest BCUT2D eigenvalue weighted by Crippen LogP contribution is -2.40. The van der Waals surface area contributed by atoms with Crippen molar-refractivity contribution in [1.82, 2.24) is 4.90 Å². The molecule has 0 amide bonds. The number of nitrogens with zero attached hydrogens (tertiary/aromatic N) is 1. The van der Waals surface area contributed by atoms with E-state index in [2.05, 4.69) is 18.7 Å². The van der Waals surface area contributed by atoms with Crippen molar-refractivity contribution < 1.29 is 5.11 Å². The van der Waals surface area contributed by atoms with Crippen LogP contribution in [0, 0.1) is 5.41 Å². The summed E-state index contributed by atoms with van der Waals surface area (Å²) in [6.45, 7) is 6.68. The molecule has 1 saturated carbocycles. The molecule has 1 aliphatic heterocycles. The third-order valence-electron chi connectivity index (χ3n) is 5.11. The van der Waals surface area contributed by atoms with Crippen LogP contribution in [0.3, 0.4) is 0 Å². The number of hydrogen-bond donors (Lipinski definition) is 1. The highest BCUT2D eigenvalue weighted by Gasteiger charge is 2.42. The Bertz CT molecular complexity index is 339. The van der Waals surface area contributed by atoms with E-state index in [4.69, 9.17) is 0 Å². The van der Waals surface area contributed by atoms with Crippen molar-refractivity contribution in [2.24, 2.45) is 5.41 Å². The van der Waals surface area contributed by atoms with Crippen molar-refractivity contribution >= 4 is 0 Å². The summed E-state index contributed by atoms with van der Waals surface area (Å²) >= 11 is 0. The molecular formula is C15H25NO. The minimum Gasteiger partial charge on any atom is -0.388 e. The van der Waals surface area contributed by atoms with Gasteiger partial charge in [-0.05, 0) is 36.7 Å². The summed E-state index contributed by atoms with van der Waals surface area (Å²) in [7, 11) is 0. The molecule has 0 aromatic heterocycles. The van der Waals surface area contributed by atoms with Gasteiger partial charge in [0, 0.05) is 19.1 Å². The normalized spacial score (nSPS) is 34.4. The second-order valence-corrected chi connectivity index (χ2v) is 6.86. The number of hydrogen-bond acceptors (Lipinski definition) is 2. The lowest BCUT2D eigenvalue weighted by Gasteiger charge is -2.34. The van der Waals surface area contributed by atoms with Crippen LogP contribution < -0.4 is 0 Å². The molecule has 0 aromatic rings. The van der Waals surface area contributed by atoms with Crippen LogP contribution in [0.5, 0.6) is 0 Å². The van der Waals surface area contributed by atoms with Gasteiger partial charge in [-0.3, -0.25) is 4.90 Å². The Labute approximate surface area is 105 Å². The third-order valence-corrected chi connectivity index (χ3v) is 5.11. The number of aliphatic hydroxyl groups excluding tert-OH is 1. The maximum atomic E-state index is 10.4. The topological polar surface area (TPSA) is 23.5 Å². The molecule has 96 valence electrons. The zero-order chi connectivity index (χ0) is 12.0. The summed E-state index contributed by atoms with van der Waals surface area (Å²) in [4.78, 5) is 2.64. The first-order valence-corrected chi connectivity index (χ1v) is 7.21. The van der Waals surface area contributed by atoms with Gasteiger partial charge in [-0.1, -0.05) is 32.3 Å². The summed E-state index contributed by atoms with van der Waals surface area (Å²) < 4.78 is 0. The zero-order valence-electron chi connectivity index (χ0n) is 11.2. The van der Waals surface area contributed by atoms with Crippen LogP contribution in [-0.2, 0) is 0 Å². The van der Waals surface area contributed by atoms with Gasteiger partial charge in [0.15, 0.2) is 0 Å². The maximum Gasteiger partial charge on any atom is 0.0819 e. The van der Waals surface area contributed by atoms with E-state index in [1.165, 1.54) is 44.2 Å². The number of rotatable bonds is 1. The van der Waals surface area contributed by atoms with Crippen molar-refractivity contribution in [2.45, 2.75) is 64.5 Å². The minimum atomic E-state index is -0.193. The molecule has 1 unspecified atom stereocenters. The van der Waals surface area contributed by atoms with E-state index < -0.39 is 0 Å². The van der Waals surface area contributed by atoms with E-state index in [0.717, 1.165) is 19.0 Å². The second kappa shape index (κ2) is 4.10. The highest BCUT2D eigenvalue weighted by atomic mass is 16.3. The van der Waals surface area contributed by atoms with Crippen molar-refractivity contribution in [1.29, 1.82) is 0 Å². The largest absolute Gasteiger partial charge is 0.388 e. The van der Waals surface area contributed by atoms with Crippen LogP contribution in [0.2, 0.25) is 0 Å². The summed E-state index contributed by atoms with van der Waals surface area (Å²) in [6.07, 6.45) is 7.68. The lowest BCUT2D eigenvalue weighted by molar-refractivity contribution is 0.0884. The molecule has 0 bridgehead atoms. The summed E-state index contributed by atoms with van der Waals surface area (Å²) in [5.41, 5.74) is 3.01. The first-order valence-electron chi connectivity index (χ1n) is 7.21. The quantitative estimate of drug-likeness (QED) is 0.706. The maximum absolute atomic E-state index is 10.4. The van der Waals surface area contributed by atoms with Crippen LogP contribution in [0.15, 0.2) is 11.1 Å². The lowest BCUT2D eigenvalue weighted by atomic mass is 9.86. The van der Waals surface area contributed by atoms with E-state index >= 15 is 0 Å². The molecule has 2 aliphatic carbocycles. The van der Waals surface area contributed by atoms with E-state index in [0.29, 0.717) is 0 Å². The van der Waals surface area contributed by atoms with Gasteiger partial charge < -0.3 is 5.11 Å². The van der Waals surface area contributed by atoms with E-state index in [1.54, 1.807) is 5.57 Å². The first-order chi connectivity index (χ1) is 8.08. The highest BCUT2D eigenvalue weighted by molar-refractivity contribution is 5.32. The Morgan fingerprint density at radius 1 is 1.24 bits per heavy atom. The van der Waals surface area contributed by atoms with Gasteiger partial charge in [0.25, 0.3) is 0 Å². The van der Waals surface area contributed by atoms with Crippen molar-refractivity contribution in [3.8, 4) is 0 Å². The summed E-state index contributed by atoms with van der Waals surface area (Å²) in [5, 5.41) is 10.4. The molecule has 1 atom stereocenters. The van der Waals surface area contributed by atoms with Crippen LogP contribution in [-0.4, -0.2) is 35.2 Å². The van der Waals surface area contributed by atoms with Gasteiger partial charge in [0.1, 0.15) is 0 Å². The summed E-state index contributed by atoms with van der Waals surface area (Å²) in [6, 6.07) is 0.806. The standard InChI is InChI=1S/C15H25NO/c1-15(2)9-11-7-8-16(10-13(11)14(15)17)12-5-3-4-6-12/h12,14,17H,3-10H2,1-2H3. The van der Waals surface area contributed by atoms with Gasteiger partial charge >= 0.3 is 0 Å². The monoisotopic (exact) mass is 235 g/mol. The van der Waals surface area contributed by atoms with Crippen molar-refractivity contribution in [2.75, 3.05) is 13.1 Å². The molecule has 1 fully saturated rings. The fourth-order valence-electron chi connectivity index (χ4n) is 4.03. The van der Waals surface area contributed by atoms with Crippen LogP contribution in [0.4, 0.5) is 0 Å². The number of aliphatic hydroxyl groups is 1. The molecule has 0 saturated heterocycles. The van der Waals surface area contributed by atoms with Gasteiger partial charge in [0.05, 0.1) is 6.10 Å². The fraction of sp³-hybridized carbons (Fsp3) is 0.867. The van der Waals surface area contributed by atoms with Gasteiger partial charge in [-0.2, -0.15) is 0 Å². The van der Waals surface area contributed by atoms with Crippen molar-refractivity contribution in [3.05, 3.63) is 11.1 Å².